The van der Waals surface area contributed by atoms with Crippen molar-refractivity contribution in [1.29, 1.82) is 0 Å². The third-order valence-corrected chi connectivity index (χ3v) is 8.53. The number of hydrogen-bond acceptors (Lipinski definition) is 7. The van der Waals surface area contributed by atoms with Gasteiger partial charge in [0.25, 0.3) is 0 Å². The maximum atomic E-state index is 14.1. The van der Waals surface area contributed by atoms with Crippen LogP contribution in [-0.4, -0.2) is 43.2 Å². The van der Waals surface area contributed by atoms with Crippen LogP contribution in [0.25, 0.3) is 10.9 Å². The number of piperidine rings is 1. The molecule has 1 unspecified atom stereocenters. The molecular weight excluding hydrogens is 502 g/mol. The Morgan fingerprint density at radius 2 is 1.70 bits per heavy atom. The van der Waals surface area contributed by atoms with Gasteiger partial charge in [0, 0.05) is 24.5 Å². The zero-order valence-electron chi connectivity index (χ0n) is 23.0. The first-order valence-corrected chi connectivity index (χ1v) is 13.9. The summed E-state index contributed by atoms with van der Waals surface area (Å²) in [4.78, 5) is 25.7. The number of aromatic nitrogens is 2. The molecule has 1 aliphatic carbocycles. The van der Waals surface area contributed by atoms with E-state index in [9.17, 15) is 4.79 Å². The highest BCUT2D eigenvalue weighted by atomic mass is 16.5. The Morgan fingerprint density at radius 3 is 2.45 bits per heavy atom. The largest absolute Gasteiger partial charge is 0.493 e. The Labute approximate surface area is 234 Å². The lowest BCUT2D eigenvalue weighted by atomic mass is 9.72. The van der Waals surface area contributed by atoms with Crippen LogP contribution in [0.15, 0.2) is 66.7 Å². The topological polar surface area (TPSA) is 103 Å². The molecule has 0 saturated carbocycles. The summed E-state index contributed by atoms with van der Waals surface area (Å²) < 4.78 is 10.9. The van der Waals surface area contributed by atoms with Crippen molar-refractivity contribution in [3.05, 3.63) is 83.4 Å². The standard InChI is InChI=1S/C32H35N5O3/c1-39-27-18-24-26(19-28(27)40-2)35-31(36-29(24)33)37-16-14-32(15-17-37,20-21-8-4-3-5-9-21)30(38)34-25-13-12-22-10-6-7-11-23(22)25/h3-11,18-19,25H,12-17,20H2,1-2H3,(H,34,38)(H2,33,35,36). The molecule has 1 saturated heterocycles. The quantitative estimate of drug-likeness (QED) is 0.347. The van der Waals surface area contributed by atoms with Gasteiger partial charge in [0.05, 0.1) is 31.2 Å². The third-order valence-electron chi connectivity index (χ3n) is 8.53. The Hall–Kier alpha value is -4.33. The Balaban J connectivity index is 1.26. The van der Waals surface area contributed by atoms with E-state index in [0.717, 1.165) is 12.8 Å². The van der Waals surface area contributed by atoms with Gasteiger partial charge in [0.1, 0.15) is 5.82 Å². The van der Waals surface area contributed by atoms with E-state index >= 15 is 0 Å². The van der Waals surface area contributed by atoms with Gasteiger partial charge in [-0.2, -0.15) is 4.98 Å². The number of rotatable bonds is 7. The summed E-state index contributed by atoms with van der Waals surface area (Å²) in [6.07, 6.45) is 4.01. The summed E-state index contributed by atoms with van der Waals surface area (Å²) in [7, 11) is 3.19. The highest BCUT2D eigenvalue weighted by Gasteiger charge is 2.43. The molecule has 1 atom stereocenters. The SMILES string of the molecule is COc1cc2nc(N3CCC(Cc4ccccc4)(C(=O)NC4CCc5ccccc54)CC3)nc(N)c2cc1OC. The molecule has 206 valence electrons. The molecule has 0 radical (unpaired) electrons. The number of nitrogens with two attached hydrogens (primary N) is 1. The fourth-order valence-electron chi connectivity index (χ4n) is 6.23. The Bertz CT molecular complexity index is 1530. The van der Waals surface area contributed by atoms with E-state index in [2.05, 4.69) is 51.6 Å². The summed E-state index contributed by atoms with van der Waals surface area (Å²) in [6.45, 7) is 1.31. The number of nitrogen functional groups attached to an aromatic ring is 1. The number of carbonyl (C=O) groups excluding carboxylic acids is 1. The van der Waals surface area contributed by atoms with Crippen LogP contribution in [0.3, 0.4) is 0 Å². The first kappa shape index (κ1) is 25.9. The minimum absolute atomic E-state index is 0.0602. The Kier molecular flexibility index (Phi) is 6.92. The van der Waals surface area contributed by atoms with Crippen LogP contribution in [-0.2, 0) is 17.6 Å². The van der Waals surface area contributed by atoms with E-state index < -0.39 is 5.41 Å². The highest BCUT2D eigenvalue weighted by molar-refractivity contribution is 5.92. The molecule has 2 heterocycles. The zero-order valence-corrected chi connectivity index (χ0v) is 23.0. The lowest BCUT2D eigenvalue weighted by Crippen LogP contribution is -2.51. The minimum atomic E-state index is -0.519. The molecule has 3 aromatic carbocycles. The van der Waals surface area contributed by atoms with E-state index in [0.29, 0.717) is 66.5 Å². The first-order chi connectivity index (χ1) is 19.5. The number of hydrogen-bond donors (Lipinski definition) is 2. The van der Waals surface area contributed by atoms with E-state index in [-0.39, 0.29) is 11.9 Å². The van der Waals surface area contributed by atoms with Gasteiger partial charge >= 0.3 is 0 Å². The molecule has 1 aromatic heterocycles. The molecule has 8 heteroatoms. The van der Waals surface area contributed by atoms with E-state index in [1.807, 2.05) is 24.3 Å². The van der Waals surface area contributed by atoms with Crippen molar-refractivity contribution in [3.63, 3.8) is 0 Å². The molecule has 1 aliphatic heterocycles. The molecule has 2 aliphatic rings. The molecular formula is C32H35N5O3. The van der Waals surface area contributed by atoms with Crippen LogP contribution in [0.1, 0.15) is 42.0 Å². The lowest BCUT2D eigenvalue weighted by Gasteiger charge is -2.41. The average molecular weight is 538 g/mol. The van der Waals surface area contributed by atoms with Crippen LogP contribution >= 0.6 is 0 Å². The van der Waals surface area contributed by atoms with Crippen LogP contribution < -0.4 is 25.4 Å². The maximum Gasteiger partial charge on any atom is 0.227 e. The van der Waals surface area contributed by atoms with Gasteiger partial charge in [-0.3, -0.25) is 4.79 Å². The fourth-order valence-corrected chi connectivity index (χ4v) is 6.23. The number of fused-ring (bicyclic) bond motifs is 2. The smallest absolute Gasteiger partial charge is 0.227 e. The normalized spacial score (nSPS) is 17.9. The van der Waals surface area contributed by atoms with Crippen LogP contribution in [0.5, 0.6) is 11.5 Å². The second kappa shape index (κ2) is 10.7. The molecule has 3 N–H and O–H groups in total. The van der Waals surface area contributed by atoms with Gasteiger partial charge in [-0.05, 0) is 54.9 Å². The summed E-state index contributed by atoms with van der Waals surface area (Å²) in [6, 6.07) is 22.5. The van der Waals surface area contributed by atoms with E-state index in [4.69, 9.17) is 20.2 Å². The van der Waals surface area contributed by atoms with Crippen LogP contribution in [0.2, 0.25) is 0 Å². The van der Waals surface area contributed by atoms with Gasteiger partial charge in [0.2, 0.25) is 11.9 Å². The first-order valence-electron chi connectivity index (χ1n) is 13.9. The number of ether oxygens (including phenoxy) is 2. The van der Waals surface area contributed by atoms with Gasteiger partial charge < -0.3 is 25.4 Å². The number of anilines is 2. The number of nitrogens with zero attached hydrogens (tertiary/aromatic N) is 3. The molecule has 8 nitrogen and oxygen atoms in total. The van der Waals surface area contributed by atoms with Crippen molar-refractivity contribution in [2.24, 2.45) is 5.41 Å². The van der Waals surface area contributed by atoms with Gasteiger partial charge in [-0.15, -0.1) is 0 Å². The van der Waals surface area contributed by atoms with Crippen LogP contribution in [0.4, 0.5) is 11.8 Å². The van der Waals surface area contributed by atoms with Gasteiger partial charge in [0.15, 0.2) is 11.5 Å². The van der Waals surface area contributed by atoms with Crippen molar-refractivity contribution in [1.82, 2.24) is 15.3 Å². The van der Waals surface area contributed by atoms with Crippen molar-refractivity contribution in [2.45, 2.75) is 38.1 Å². The van der Waals surface area contributed by atoms with E-state index in [1.165, 1.54) is 16.7 Å². The van der Waals surface area contributed by atoms with Crippen molar-refractivity contribution in [2.75, 3.05) is 37.9 Å². The molecule has 1 fully saturated rings. The predicted octanol–water partition coefficient (Wildman–Crippen LogP) is 4.86. The molecule has 1 amide bonds. The Morgan fingerprint density at radius 1 is 1.00 bits per heavy atom. The highest BCUT2D eigenvalue weighted by Crippen LogP contribution is 2.40. The summed E-state index contributed by atoms with van der Waals surface area (Å²) in [5.74, 6) is 2.26. The summed E-state index contributed by atoms with van der Waals surface area (Å²) >= 11 is 0. The second-order valence-corrected chi connectivity index (χ2v) is 10.8. The molecule has 0 spiro atoms. The van der Waals surface area contributed by atoms with Crippen molar-refractivity contribution in [3.8, 4) is 11.5 Å². The number of benzene rings is 3. The number of amides is 1. The number of aryl methyl sites for hydroxylation is 1. The molecule has 40 heavy (non-hydrogen) atoms. The molecule has 0 bridgehead atoms. The van der Waals surface area contributed by atoms with E-state index in [1.54, 1.807) is 20.3 Å². The molecule has 4 aromatic rings. The average Bonchev–Trinajstić information content (AvgIpc) is 3.40. The third kappa shape index (κ3) is 4.78. The summed E-state index contributed by atoms with van der Waals surface area (Å²) in [5.41, 5.74) is 10.3. The monoisotopic (exact) mass is 537 g/mol. The summed E-state index contributed by atoms with van der Waals surface area (Å²) in [5, 5.41) is 4.16. The lowest BCUT2D eigenvalue weighted by molar-refractivity contribution is -0.133. The van der Waals surface area contributed by atoms with Crippen molar-refractivity contribution >= 4 is 28.6 Å². The van der Waals surface area contributed by atoms with Crippen molar-refractivity contribution < 1.29 is 14.3 Å². The number of carbonyl (C=O) groups is 1. The minimum Gasteiger partial charge on any atom is -0.493 e. The van der Waals surface area contributed by atoms with Gasteiger partial charge in [-0.1, -0.05) is 54.6 Å². The number of methoxy groups -OCH3 is 2. The number of nitrogens with one attached hydrogen (secondary N) is 1. The zero-order chi connectivity index (χ0) is 27.7. The predicted molar refractivity (Wildman–Crippen MR) is 157 cm³/mol. The maximum absolute atomic E-state index is 14.1. The second-order valence-electron chi connectivity index (χ2n) is 10.8. The fraction of sp³-hybridized carbons (Fsp3) is 0.344. The van der Waals surface area contributed by atoms with Crippen LogP contribution in [0, 0.1) is 5.41 Å². The van der Waals surface area contributed by atoms with Gasteiger partial charge in [-0.25, -0.2) is 4.98 Å². The molecule has 6 rings (SSSR count).